The van der Waals surface area contributed by atoms with Crippen molar-refractivity contribution in [3.8, 4) is 0 Å². The predicted octanol–water partition coefficient (Wildman–Crippen LogP) is 1.51. The fourth-order valence-electron chi connectivity index (χ4n) is 3.61. The van der Waals surface area contributed by atoms with Gasteiger partial charge >= 0.3 is 0 Å². The monoisotopic (exact) mass is 440 g/mol. The van der Waals surface area contributed by atoms with Crippen LogP contribution >= 0.6 is 11.6 Å². The molecule has 4 amide bonds. The van der Waals surface area contributed by atoms with E-state index in [0.29, 0.717) is 16.1 Å². The van der Waals surface area contributed by atoms with Crippen LogP contribution in [0.3, 0.4) is 0 Å². The zero-order valence-corrected chi connectivity index (χ0v) is 17.3. The molecule has 31 heavy (non-hydrogen) atoms. The maximum Gasteiger partial charge on any atom is 0.257 e. The highest BCUT2D eigenvalue weighted by Crippen LogP contribution is 2.41. The van der Waals surface area contributed by atoms with Crippen LogP contribution in [0, 0.1) is 0 Å². The third-order valence-corrected chi connectivity index (χ3v) is 5.48. The van der Waals surface area contributed by atoms with Crippen molar-refractivity contribution >= 4 is 35.2 Å². The lowest BCUT2D eigenvalue weighted by molar-refractivity contribution is -0.131. The van der Waals surface area contributed by atoms with Gasteiger partial charge in [0.15, 0.2) is 0 Å². The van der Waals surface area contributed by atoms with Crippen molar-refractivity contribution in [2.24, 2.45) is 0 Å². The highest BCUT2D eigenvalue weighted by molar-refractivity contribution is 6.30. The van der Waals surface area contributed by atoms with Crippen LogP contribution in [0.25, 0.3) is 0 Å². The first-order valence-electron chi connectivity index (χ1n) is 9.95. The number of hydrazine groups is 1. The summed E-state index contributed by atoms with van der Waals surface area (Å²) in [7, 11) is 0. The van der Waals surface area contributed by atoms with Crippen molar-refractivity contribution in [1.82, 2.24) is 21.1 Å². The van der Waals surface area contributed by atoms with Crippen molar-refractivity contribution in [2.45, 2.75) is 31.3 Å². The molecular weight excluding hydrogens is 420 g/mol. The van der Waals surface area contributed by atoms with Crippen LogP contribution in [0.1, 0.15) is 40.4 Å². The van der Waals surface area contributed by atoms with Gasteiger partial charge in [0.2, 0.25) is 11.8 Å². The van der Waals surface area contributed by atoms with E-state index in [-0.39, 0.29) is 24.9 Å². The number of carbonyl (C=O) groups excluding carboxylic acids is 4. The lowest BCUT2D eigenvalue weighted by Crippen LogP contribution is -2.48. The van der Waals surface area contributed by atoms with Gasteiger partial charge in [-0.1, -0.05) is 41.9 Å². The maximum absolute atomic E-state index is 12.8. The summed E-state index contributed by atoms with van der Waals surface area (Å²) in [5.41, 5.74) is 6.50. The average molecular weight is 441 g/mol. The molecule has 1 atom stereocenters. The molecule has 0 bridgehead atoms. The largest absolute Gasteiger partial charge is 0.345 e. The molecule has 2 aromatic carbocycles. The quantitative estimate of drug-likeness (QED) is 0.592. The highest BCUT2D eigenvalue weighted by atomic mass is 35.5. The summed E-state index contributed by atoms with van der Waals surface area (Å²) in [6.45, 7) is -0.328. The predicted molar refractivity (Wildman–Crippen MR) is 113 cm³/mol. The molecule has 4 rings (SSSR count). The van der Waals surface area contributed by atoms with Gasteiger partial charge in [-0.15, -0.1) is 0 Å². The molecule has 0 radical (unpaired) electrons. The summed E-state index contributed by atoms with van der Waals surface area (Å²) in [4.78, 5) is 51.1. The summed E-state index contributed by atoms with van der Waals surface area (Å²) in [6.07, 6.45) is 1.80. The van der Waals surface area contributed by atoms with E-state index in [9.17, 15) is 19.2 Å². The van der Waals surface area contributed by atoms with Crippen LogP contribution < -0.4 is 16.2 Å². The summed E-state index contributed by atoms with van der Waals surface area (Å²) < 4.78 is 0. The summed E-state index contributed by atoms with van der Waals surface area (Å²) in [5, 5.41) is 3.14. The van der Waals surface area contributed by atoms with Gasteiger partial charge in [0, 0.05) is 16.6 Å². The number of amides is 4. The van der Waals surface area contributed by atoms with E-state index in [4.69, 9.17) is 11.6 Å². The first-order valence-corrected chi connectivity index (χ1v) is 10.3. The number of benzene rings is 2. The highest BCUT2D eigenvalue weighted by Gasteiger charge is 2.47. The Hall–Kier alpha value is -3.39. The summed E-state index contributed by atoms with van der Waals surface area (Å²) in [6, 6.07) is 13.1. The second-order valence-electron chi connectivity index (χ2n) is 7.55. The van der Waals surface area contributed by atoms with E-state index in [1.165, 1.54) is 0 Å². The fraction of sp³-hybridized carbons (Fsp3) is 0.273. The average Bonchev–Trinajstić information content (AvgIpc) is 3.56. The molecule has 9 heteroatoms. The second-order valence-corrected chi connectivity index (χ2v) is 7.99. The SMILES string of the molecule is O=C(CNC(=O)C1c2ccccc2C(=O)N1C1CC1)NNC(=O)Cc1ccc(Cl)cc1. The molecule has 160 valence electrons. The smallest absolute Gasteiger partial charge is 0.257 e. The summed E-state index contributed by atoms with van der Waals surface area (Å²) in [5.74, 6) is -1.56. The normalized spacial score (nSPS) is 17.1. The van der Waals surface area contributed by atoms with Gasteiger partial charge in [-0.25, -0.2) is 0 Å². The molecule has 2 aliphatic rings. The van der Waals surface area contributed by atoms with E-state index in [0.717, 1.165) is 18.4 Å². The Labute approximate surface area is 183 Å². The van der Waals surface area contributed by atoms with Gasteiger partial charge in [0.25, 0.3) is 11.8 Å². The van der Waals surface area contributed by atoms with Crippen molar-refractivity contribution in [2.75, 3.05) is 6.54 Å². The summed E-state index contributed by atoms with van der Waals surface area (Å²) >= 11 is 5.81. The van der Waals surface area contributed by atoms with Crippen molar-refractivity contribution in [3.05, 3.63) is 70.2 Å². The zero-order valence-electron chi connectivity index (χ0n) is 16.6. The fourth-order valence-corrected chi connectivity index (χ4v) is 3.74. The molecule has 0 saturated heterocycles. The molecule has 1 aliphatic heterocycles. The van der Waals surface area contributed by atoms with Crippen LogP contribution in [0.5, 0.6) is 0 Å². The molecule has 1 fully saturated rings. The number of hydrogen-bond acceptors (Lipinski definition) is 4. The lowest BCUT2D eigenvalue weighted by atomic mass is 10.0. The Kier molecular flexibility index (Phi) is 5.90. The molecule has 1 heterocycles. The molecule has 8 nitrogen and oxygen atoms in total. The van der Waals surface area contributed by atoms with E-state index in [2.05, 4.69) is 16.2 Å². The van der Waals surface area contributed by atoms with Crippen molar-refractivity contribution < 1.29 is 19.2 Å². The van der Waals surface area contributed by atoms with Gasteiger partial charge in [-0.3, -0.25) is 30.0 Å². The third kappa shape index (κ3) is 4.69. The zero-order chi connectivity index (χ0) is 22.0. The van der Waals surface area contributed by atoms with Crippen LogP contribution in [-0.2, 0) is 20.8 Å². The number of rotatable bonds is 6. The topological polar surface area (TPSA) is 108 Å². The van der Waals surface area contributed by atoms with Crippen molar-refractivity contribution in [3.63, 3.8) is 0 Å². The third-order valence-electron chi connectivity index (χ3n) is 5.23. The number of hydrogen-bond donors (Lipinski definition) is 3. The number of nitrogens with zero attached hydrogens (tertiary/aromatic N) is 1. The number of fused-ring (bicyclic) bond motifs is 1. The minimum Gasteiger partial charge on any atom is -0.345 e. The van der Waals surface area contributed by atoms with Crippen LogP contribution in [-0.4, -0.2) is 41.1 Å². The minimum atomic E-state index is -0.747. The Morgan fingerprint density at radius 3 is 2.35 bits per heavy atom. The first-order chi connectivity index (χ1) is 14.9. The number of carbonyl (C=O) groups is 4. The molecule has 0 aromatic heterocycles. The molecular formula is C22H21ClN4O4. The molecule has 0 spiro atoms. The Balaban J connectivity index is 1.29. The van der Waals surface area contributed by atoms with Crippen LogP contribution in [0.2, 0.25) is 5.02 Å². The van der Waals surface area contributed by atoms with E-state index >= 15 is 0 Å². The second kappa shape index (κ2) is 8.77. The Bertz CT molecular complexity index is 1040. The Morgan fingerprint density at radius 1 is 0.968 bits per heavy atom. The molecule has 1 saturated carbocycles. The van der Waals surface area contributed by atoms with Crippen molar-refractivity contribution in [1.29, 1.82) is 0 Å². The molecule has 1 aliphatic carbocycles. The lowest BCUT2D eigenvalue weighted by Gasteiger charge is -2.24. The standard InChI is InChI=1S/C22H21ClN4O4/c23-14-7-5-13(6-8-14)11-18(28)25-26-19(29)12-24-21(30)20-16-3-1-2-4-17(16)22(31)27(20)15-9-10-15/h1-8,15,20H,9-12H2,(H,24,30)(H,25,28)(H,26,29). The van der Waals surface area contributed by atoms with E-state index in [1.54, 1.807) is 53.4 Å². The minimum absolute atomic E-state index is 0.0524. The van der Waals surface area contributed by atoms with Gasteiger partial charge in [0.1, 0.15) is 6.04 Å². The number of nitrogens with one attached hydrogen (secondary N) is 3. The van der Waals surface area contributed by atoms with Crippen LogP contribution in [0.4, 0.5) is 0 Å². The molecule has 1 unspecified atom stereocenters. The molecule has 3 N–H and O–H groups in total. The van der Waals surface area contributed by atoms with Gasteiger partial charge in [0.05, 0.1) is 13.0 Å². The first kappa shape index (κ1) is 20.9. The van der Waals surface area contributed by atoms with Crippen LogP contribution in [0.15, 0.2) is 48.5 Å². The molecule has 2 aromatic rings. The van der Waals surface area contributed by atoms with E-state index in [1.807, 2.05) is 0 Å². The van der Waals surface area contributed by atoms with Gasteiger partial charge < -0.3 is 10.2 Å². The maximum atomic E-state index is 12.8. The Morgan fingerprint density at radius 2 is 1.65 bits per heavy atom. The number of halogens is 1. The van der Waals surface area contributed by atoms with Gasteiger partial charge in [-0.05, 0) is 42.2 Å². The van der Waals surface area contributed by atoms with Gasteiger partial charge in [-0.2, -0.15) is 0 Å². The van der Waals surface area contributed by atoms with E-state index < -0.39 is 23.8 Å².